The van der Waals surface area contributed by atoms with Crippen molar-refractivity contribution in [2.75, 3.05) is 13.1 Å². The van der Waals surface area contributed by atoms with Crippen LogP contribution >= 0.6 is 0 Å². The predicted molar refractivity (Wildman–Crippen MR) is 127 cm³/mol. The molecule has 1 saturated heterocycles. The molecule has 1 aliphatic heterocycles. The number of likely N-dealkylation sites (tertiary alicyclic amines) is 1. The fraction of sp³-hybridized carbons (Fsp3) is 0.321. The second-order valence-electron chi connectivity index (χ2n) is 8.83. The number of hydrogen-bond acceptors (Lipinski definition) is 2. The van der Waals surface area contributed by atoms with Gasteiger partial charge in [-0.3, -0.25) is 9.69 Å². The Bertz CT molecular complexity index is 1000. The lowest BCUT2D eigenvalue weighted by Gasteiger charge is -2.32. The summed E-state index contributed by atoms with van der Waals surface area (Å²) in [6, 6.07) is 25.4. The molecule has 1 aliphatic rings. The minimum Gasteiger partial charge on any atom is -0.348 e. The maximum absolute atomic E-state index is 12.3. The molecular formula is C28H32N2O. The Hall–Kier alpha value is -2.91. The lowest BCUT2D eigenvalue weighted by molar-refractivity contribution is 0.0951. The number of carbonyl (C=O) groups is 1. The molecule has 3 heteroatoms. The first-order chi connectivity index (χ1) is 15.1. The number of hydrogen-bond donors (Lipinski definition) is 1. The summed E-state index contributed by atoms with van der Waals surface area (Å²) >= 11 is 0. The molecule has 0 aromatic heterocycles. The Kier molecular flexibility index (Phi) is 6.83. The van der Waals surface area contributed by atoms with Gasteiger partial charge >= 0.3 is 0 Å². The molecule has 1 N–H and O–H groups in total. The maximum Gasteiger partial charge on any atom is 0.251 e. The average Bonchev–Trinajstić information content (AvgIpc) is 2.80. The lowest BCUT2D eigenvalue weighted by atomic mass is 9.89. The normalized spacial score (nSPS) is 15.0. The largest absolute Gasteiger partial charge is 0.348 e. The topological polar surface area (TPSA) is 32.3 Å². The highest BCUT2D eigenvalue weighted by Crippen LogP contribution is 2.29. The molecule has 4 rings (SSSR count). The minimum atomic E-state index is -0.0197. The molecule has 0 bridgehead atoms. The Morgan fingerprint density at radius 2 is 1.55 bits per heavy atom. The molecule has 31 heavy (non-hydrogen) atoms. The summed E-state index contributed by atoms with van der Waals surface area (Å²) in [6.07, 6.45) is 2.41. The molecule has 1 amide bonds. The second kappa shape index (κ2) is 9.93. The first kappa shape index (κ1) is 21.3. The van der Waals surface area contributed by atoms with Gasteiger partial charge in [0.1, 0.15) is 0 Å². The lowest BCUT2D eigenvalue weighted by Crippen LogP contribution is -2.32. The Balaban J connectivity index is 1.26. The van der Waals surface area contributed by atoms with Crippen LogP contribution in [0.15, 0.2) is 72.8 Å². The van der Waals surface area contributed by atoms with Gasteiger partial charge in [0.05, 0.1) is 0 Å². The summed E-state index contributed by atoms with van der Waals surface area (Å²) < 4.78 is 0. The summed E-state index contributed by atoms with van der Waals surface area (Å²) in [5, 5.41) is 3.03. The van der Waals surface area contributed by atoms with E-state index in [9.17, 15) is 4.79 Å². The number of nitrogens with one attached hydrogen (secondary N) is 1. The third-order valence-electron chi connectivity index (χ3n) is 6.30. The molecule has 160 valence electrons. The highest BCUT2D eigenvalue weighted by Gasteiger charge is 2.20. The third-order valence-corrected chi connectivity index (χ3v) is 6.30. The maximum atomic E-state index is 12.3. The van der Waals surface area contributed by atoms with Crippen molar-refractivity contribution in [1.29, 1.82) is 0 Å². The standard InChI is InChI=1S/C28H32N2O/c1-21-6-8-24(9-7-21)20-30-16-14-26(15-17-30)25-12-10-23(11-13-25)19-29-28(31)27-5-3-4-22(2)18-27/h3-13,18,26H,14-17,19-20H2,1-2H3,(H,29,31). The van der Waals surface area contributed by atoms with Crippen LogP contribution in [0.25, 0.3) is 0 Å². The molecule has 3 aromatic carbocycles. The molecule has 0 radical (unpaired) electrons. The SMILES string of the molecule is Cc1ccc(CN2CCC(c3ccc(CNC(=O)c4cccc(C)c4)cc3)CC2)cc1. The number of benzene rings is 3. The molecular weight excluding hydrogens is 380 g/mol. The van der Waals surface area contributed by atoms with Crippen molar-refractivity contribution < 1.29 is 4.79 Å². The van der Waals surface area contributed by atoms with Gasteiger partial charge in [-0.2, -0.15) is 0 Å². The van der Waals surface area contributed by atoms with Crippen molar-refractivity contribution in [3.63, 3.8) is 0 Å². The monoisotopic (exact) mass is 412 g/mol. The molecule has 3 nitrogen and oxygen atoms in total. The van der Waals surface area contributed by atoms with E-state index in [4.69, 9.17) is 0 Å². The fourth-order valence-corrected chi connectivity index (χ4v) is 4.35. The summed E-state index contributed by atoms with van der Waals surface area (Å²) in [7, 11) is 0. The summed E-state index contributed by atoms with van der Waals surface area (Å²) in [5.74, 6) is 0.610. The second-order valence-corrected chi connectivity index (χ2v) is 8.83. The predicted octanol–water partition coefficient (Wildman–Crippen LogP) is 5.61. The number of nitrogens with zero attached hydrogens (tertiary/aromatic N) is 1. The van der Waals surface area contributed by atoms with E-state index in [0.29, 0.717) is 18.0 Å². The molecule has 0 unspecified atom stereocenters. The van der Waals surface area contributed by atoms with Gasteiger partial charge in [-0.15, -0.1) is 0 Å². The van der Waals surface area contributed by atoms with Gasteiger partial charge < -0.3 is 5.32 Å². The van der Waals surface area contributed by atoms with E-state index in [1.54, 1.807) is 0 Å². The number of amides is 1. The van der Waals surface area contributed by atoms with Gasteiger partial charge in [-0.05, 0) is 74.5 Å². The van der Waals surface area contributed by atoms with Crippen molar-refractivity contribution in [3.8, 4) is 0 Å². The summed E-state index contributed by atoms with van der Waals surface area (Å²) in [4.78, 5) is 14.9. The summed E-state index contributed by atoms with van der Waals surface area (Å²) in [6.45, 7) is 8.04. The van der Waals surface area contributed by atoms with Crippen molar-refractivity contribution in [1.82, 2.24) is 10.2 Å². The molecule has 1 heterocycles. The van der Waals surface area contributed by atoms with Crippen LogP contribution in [0.5, 0.6) is 0 Å². The van der Waals surface area contributed by atoms with E-state index in [-0.39, 0.29) is 5.91 Å². The van der Waals surface area contributed by atoms with E-state index in [1.165, 1.54) is 29.5 Å². The first-order valence-corrected chi connectivity index (χ1v) is 11.3. The number of rotatable bonds is 6. The van der Waals surface area contributed by atoms with Crippen LogP contribution in [0, 0.1) is 13.8 Å². The van der Waals surface area contributed by atoms with E-state index < -0.39 is 0 Å². The fourth-order valence-electron chi connectivity index (χ4n) is 4.35. The summed E-state index contributed by atoms with van der Waals surface area (Å²) in [5.41, 5.74) is 7.10. The van der Waals surface area contributed by atoms with Crippen LogP contribution in [0.4, 0.5) is 0 Å². The number of carbonyl (C=O) groups excluding carboxylic acids is 1. The number of piperidine rings is 1. The van der Waals surface area contributed by atoms with Gasteiger partial charge in [-0.25, -0.2) is 0 Å². The minimum absolute atomic E-state index is 0.0197. The van der Waals surface area contributed by atoms with Crippen molar-refractivity contribution in [2.24, 2.45) is 0 Å². The molecule has 3 aromatic rings. The average molecular weight is 413 g/mol. The third kappa shape index (κ3) is 5.83. The molecule has 0 atom stereocenters. The van der Waals surface area contributed by atoms with Gasteiger partial charge in [-0.1, -0.05) is 71.8 Å². The van der Waals surface area contributed by atoms with Crippen LogP contribution in [0.1, 0.15) is 56.9 Å². The number of aryl methyl sites for hydroxylation is 2. The Labute approximate surface area is 186 Å². The van der Waals surface area contributed by atoms with Crippen molar-refractivity contribution in [2.45, 2.75) is 45.7 Å². The molecule has 0 spiro atoms. The van der Waals surface area contributed by atoms with E-state index in [0.717, 1.165) is 30.8 Å². The zero-order valence-corrected chi connectivity index (χ0v) is 18.6. The quantitative estimate of drug-likeness (QED) is 0.570. The molecule has 1 fully saturated rings. The van der Waals surface area contributed by atoms with Gasteiger partial charge in [0, 0.05) is 18.7 Å². The van der Waals surface area contributed by atoms with Gasteiger partial charge in [0.15, 0.2) is 0 Å². The molecule has 0 aliphatic carbocycles. The van der Waals surface area contributed by atoms with Crippen molar-refractivity contribution >= 4 is 5.91 Å². The zero-order valence-electron chi connectivity index (χ0n) is 18.6. The van der Waals surface area contributed by atoms with Crippen LogP contribution in [-0.4, -0.2) is 23.9 Å². The van der Waals surface area contributed by atoms with Crippen LogP contribution in [-0.2, 0) is 13.1 Å². The van der Waals surface area contributed by atoms with Crippen LogP contribution in [0.2, 0.25) is 0 Å². The molecule has 0 saturated carbocycles. The van der Waals surface area contributed by atoms with Crippen LogP contribution < -0.4 is 5.32 Å². The van der Waals surface area contributed by atoms with Gasteiger partial charge in [0.2, 0.25) is 0 Å². The van der Waals surface area contributed by atoms with E-state index >= 15 is 0 Å². The van der Waals surface area contributed by atoms with E-state index in [2.05, 4.69) is 65.7 Å². The van der Waals surface area contributed by atoms with Gasteiger partial charge in [0.25, 0.3) is 5.91 Å². The van der Waals surface area contributed by atoms with Crippen LogP contribution in [0.3, 0.4) is 0 Å². The Morgan fingerprint density at radius 1 is 0.871 bits per heavy atom. The van der Waals surface area contributed by atoms with E-state index in [1.807, 2.05) is 31.2 Å². The van der Waals surface area contributed by atoms with Crippen molar-refractivity contribution in [3.05, 3.63) is 106 Å². The Morgan fingerprint density at radius 3 is 2.23 bits per heavy atom. The first-order valence-electron chi connectivity index (χ1n) is 11.3. The highest BCUT2D eigenvalue weighted by molar-refractivity contribution is 5.94. The zero-order chi connectivity index (χ0) is 21.6. The highest BCUT2D eigenvalue weighted by atomic mass is 16.1. The smallest absolute Gasteiger partial charge is 0.251 e.